The van der Waals surface area contributed by atoms with Gasteiger partial charge in [-0.3, -0.25) is 9.59 Å². The Labute approximate surface area is 88.6 Å². The van der Waals surface area contributed by atoms with E-state index in [1.807, 2.05) is 0 Å². The summed E-state index contributed by atoms with van der Waals surface area (Å²) in [4.78, 5) is 25.2. The molecule has 2 atom stereocenters. The van der Waals surface area contributed by atoms with Gasteiger partial charge in [-0.05, 0) is 12.8 Å². The summed E-state index contributed by atoms with van der Waals surface area (Å²) in [5.41, 5.74) is -0.225. The van der Waals surface area contributed by atoms with Crippen molar-refractivity contribution in [2.75, 3.05) is 26.3 Å². The summed E-state index contributed by atoms with van der Waals surface area (Å²) < 4.78 is 5.32. The summed E-state index contributed by atoms with van der Waals surface area (Å²) in [6.45, 7) is 2.38. The average Bonchev–Trinajstić information content (AvgIpc) is 2.81. The highest BCUT2D eigenvalue weighted by Crippen LogP contribution is 2.57. The maximum atomic E-state index is 12.2. The number of ketones is 1. The molecule has 2 heterocycles. The number of amides is 1. The molecule has 0 bridgehead atoms. The first-order valence-electron chi connectivity index (χ1n) is 5.61. The van der Waals surface area contributed by atoms with E-state index in [1.165, 1.54) is 0 Å². The van der Waals surface area contributed by atoms with Crippen LogP contribution in [-0.2, 0) is 14.3 Å². The predicted molar refractivity (Wildman–Crippen MR) is 52.2 cm³/mol. The van der Waals surface area contributed by atoms with Crippen LogP contribution in [0.1, 0.15) is 19.3 Å². The third-order valence-corrected chi connectivity index (χ3v) is 3.87. The van der Waals surface area contributed by atoms with E-state index in [0.717, 1.165) is 26.0 Å². The number of hydrogen-bond acceptors (Lipinski definition) is 3. The van der Waals surface area contributed by atoms with E-state index in [0.29, 0.717) is 25.5 Å². The second kappa shape index (κ2) is 3.04. The maximum absolute atomic E-state index is 12.2. The van der Waals surface area contributed by atoms with Gasteiger partial charge in [0.25, 0.3) is 0 Å². The summed E-state index contributed by atoms with van der Waals surface area (Å²) >= 11 is 0. The van der Waals surface area contributed by atoms with Crippen LogP contribution < -0.4 is 0 Å². The Morgan fingerprint density at radius 1 is 1.53 bits per heavy atom. The van der Waals surface area contributed by atoms with E-state index in [2.05, 4.69) is 0 Å². The lowest BCUT2D eigenvalue weighted by Crippen LogP contribution is -2.44. The average molecular weight is 209 g/mol. The molecule has 0 aromatic heterocycles. The van der Waals surface area contributed by atoms with Crippen molar-refractivity contribution in [1.82, 2.24) is 4.90 Å². The molecule has 0 radical (unpaired) electrons. The van der Waals surface area contributed by atoms with Crippen LogP contribution in [0.5, 0.6) is 0 Å². The number of fused-ring (bicyclic) bond motifs is 1. The number of nitrogens with zero attached hydrogens (tertiary/aromatic N) is 1. The Morgan fingerprint density at radius 2 is 2.40 bits per heavy atom. The van der Waals surface area contributed by atoms with Gasteiger partial charge in [0.15, 0.2) is 5.78 Å². The van der Waals surface area contributed by atoms with E-state index < -0.39 is 0 Å². The Hall–Kier alpha value is -0.900. The predicted octanol–water partition coefficient (Wildman–Crippen LogP) is 0.214. The highest BCUT2D eigenvalue weighted by Gasteiger charge is 2.64. The number of hydrogen-bond donors (Lipinski definition) is 0. The van der Waals surface area contributed by atoms with Crippen molar-refractivity contribution in [1.29, 1.82) is 0 Å². The van der Waals surface area contributed by atoms with Crippen molar-refractivity contribution in [3.8, 4) is 0 Å². The minimum atomic E-state index is -0.225. The van der Waals surface area contributed by atoms with Gasteiger partial charge in [-0.15, -0.1) is 0 Å². The zero-order valence-electron chi connectivity index (χ0n) is 8.70. The molecule has 1 saturated carbocycles. The first-order valence-corrected chi connectivity index (χ1v) is 5.61. The van der Waals surface area contributed by atoms with Crippen LogP contribution in [-0.4, -0.2) is 42.9 Å². The Morgan fingerprint density at radius 3 is 3.00 bits per heavy atom. The maximum Gasteiger partial charge on any atom is 0.231 e. The SMILES string of the molecule is O=C1CCCN(C(=O)C23COCC2C3)C1. The second-order valence-electron chi connectivity index (χ2n) is 4.94. The van der Waals surface area contributed by atoms with Crippen LogP contribution in [0.3, 0.4) is 0 Å². The molecule has 2 aliphatic heterocycles. The van der Waals surface area contributed by atoms with Crippen molar-refractivity contribution in [3.05, 3.63) is 0 Å². The van der Waals surface area contributed by atoms with E-state index in [4.69, 9.17) is 4.74 Å². The topological polar surface area (TPSA) is 46.6 Å². The van der Waals surface area contributed by atoms with Crippen molar-refractivity contribution in [3.63, 3.8) is 0 Å². The normalized spacial score (nSPS) is 39.1. The molecule has 3 aliphatic rings. The molecule has 2 unspecified atom stereocenters. The molecule has 2 saturated heterocycles. The van der Waals surface area contributed by atoms with Crippen LogP contribution in [0, 0.1) is 11.3 Å². The molecule has 0 spiro atoms. The molecule has 0 N–H and O–H groups in total. The van der Waals surface area contributed by atoms with Gasteiger partial charge in [-0.25, -0.2) is 0 Å². The van der Waals surface area contributed by atoms with Crippen LogP contribution in [0.2, 0.25) is 0 Å². The van der Waals surface area contributed by atoms with Crippen LogP contribution in [0.4, 0.5) is 0 Å². The zero-order chi connectivity index (χ0) is 10.5. The van der Waals surface area contributed by atoms with E-state index in [9.17, 15) is 9.59 Å². The monoisotopic (exact) mass is 209 g/mol. The van der Waals surface area contributed by atoms with Gasteiger partial charge in [-0.2, -0.15) is 0 Å². The molecule has 4 nitrogen and oxygen atoms in total. The number of piperidine rings is 1. The minimum absolute atomic E-state index is 0.165. The zero-order valence-corrected chi connectivity index (χ0v) is 8.70. The number of ether oxygens (including phenoxy) is 1. The Kier molecular flexibility index (Phi) is 1.89. The summed E-state index contributed by atoms with van der Waals surface area (Å²) in [7, 11) is 0. The summed E-state index contributed by atoms with van der Waals surface area (Å²) in [5.74, 6) is 0.794. The second-order valence-corrected chi connectivity index (χ2v) is 4.94. The van der Waals surface area contributed by atoms with Gasteiger partial charge in [0, 0.05) is 18.9 Å². The highest BCUT2D eigenvalue weighted by molar-refractivity contribution is 5.91. The molecular weight excluding hydrogens is 194 g/mol. The fourth-order valence-electron chi connectivity index (χ4n) is 2.81. The molecule has 0 aromatic carbocycles. The fourth-order valence-corrected chi connectivity index (χ4v) is 2.81. The van der Waals surface area contributed by atoms with Gasteiger partial charge in [-0.1, -0.05) is 0 Å². The van der Waals surface area contributed by atoms with Crippen molar-refractivity contribution < 1.29 is 14.3 Å². The lowest BCUT2D eigenvalue weighted by molar-refractivity contribution is -0.142. The highest BCUT2D eigenvalue weighted by atomic mass is 16.5. The van der Waals surface area contributed by atoms with Crippen molar-refractivity contribution in [2.24, 2.45) is 11.3 Å². The lowest BCUT2D eigenvalue weighted by Gasteiger charge is -2.28. The summed E-state index contributed by atoms with van der Waals surface area (Å²) in [5, 5.41) is 0. The molecular formula is C11H15NO3. The number of Topliss-reactive ketones (excluding diaryl/α,β-unsaturated/α-hetero) is 1. The quantitative estimate of drug-likeness (QED) is 0.620. The summed E-state index contributed by atoms with van der Waals surface area (Å²) in [6.07, 6.45) is 2.43. The number of carbonyl (C=O) groups is 2. The molecule has 15 heavy (non-hydrogen) atoms. The lowest BCUT2D eigenvalue weighted by atomic mass is 10.0. The smallest absolute Gasteiger partial charge is 0.231 e. The Bertz CT molecular complexity index is 328. The van der Waals surface area contributed by atoms with Crippen LogP contribution in [0.25, 0.3) is 0 Å². The standard InChI is InChI=1S/C11H15NO3/c13-9-2-1-3-12(5-9)10(14)11-4-8(11)6-15-7-11/h8H,1-7H2. The van der Waals surface area contributed by atoms with E-state index >= 15 is 0 Å². The third kappa shape index (κ3) is 1.31. The molecule has 0 aromatic rings. The van der Waals surface area contributed by atoms with Gasteiger partial charge in [0.1, 0.15) is 0 Å². The molecule has 82 valence electrons. The molecule has 1 aliphatic carbocycles. The molecule has 3 rings (SSSR count). The fraction of sp³-hybridized carbons (Fsp3) is 0.818. The molecule has 1 amide bonds. The van der Waals surface area contributed by atoms with Gasteiger partial charge in [0.05, 0.1) is 25.2 Å². The van der Waals surface area contributed by atoms with Crippen LogP contribution in [0.15, 0.2) is 0 Å². The van der Waals surface area contributed by atoms with Crippen molar-refractivity contribution >= 4 is 11.7 Å². The molecule has 3 fully saturated rings. The summed E-state index contributed by atoms with van der Waals surface area (Å²) in [6, 6.07) is 0. The van der Waals surface area contributed by atoms with Gasteiger partial charge < -0.3 is 9.64 Å². The van der Waals surface area contributed by atoms with E-state index in [1.54, 1.807) is 4.90 Å². The van der Waals surface area contributed by atoms with E-state index in [-0.39, 0.29) is 17.1 Å². The molecule has 4 heteroatoms. The van der Waals surface area contributed by atoms with Gasteiger partial charge >= 0.3 is 0 Å². The van der Waals surface area contributed by atoms with Gasteiger partial charge in [0.2, 0.25) is 5.91 Å². The minimum Gasteiger partial charge on any atom is -0.380 e. The largest absolute Gasteiger partial charge is 0.380 e. The number of rotatable bonds is 1. The van der Waals surface area contributed by atoms with Crippen molar-refractivity contribution in [2.45, 2.75) is 19.3 Å². The number of likely N-dealkylation sites (tertiary alicyclic amines) is 1. The Balaban J connectivity index is 1.72. The van der Waals surface area contributed by atoms with Crippen LogP contribution >= 0.6 is 0 Å². The third-order valence-electron chi connectivity index (χ3n) is 3.87. The first-order chi connectivity index (χ1) is 7.22. The first kappa shape index (κ1) is 9.33. The number of carbonyl (C=O) groups excluding carboxylic acids is 2.